The number of carbonyl (C=O) groups is 1. The molecule has 0 spiro atoms. The monoisotopic (exact) mass is 372 g/mol. The normalized spacial score (nSPS) is 17.7. The summed E-state index contributed by atoms with van der Waals surface area (Å²) < 4.78 is 13.0. The maximum Gasteiger partial charge on any atom is 0.225 e. The van der Waals surface area contributed by atoms with E-state index in [0.717, 1.165) is 42.8 Å². The summed E-state index contributed by atoms with van der Waals surface area (Å²) in [7, 11) is 0. The van der Waals surface area contributed by atoms with Crippen LogP contribution in [0.2, 0.25) is 0 Å². The summed E-state index contributed by atoms with van der Waals surface area (Å²) in [6, 6.07) is 7.88. The minimum Gasteiger partial charge on any atom is -0.353 e. The van der Waals surface area contributed by atoms with Gasteiger partial charge in [0.05, 0.1) is 18.5 Å². The molecule has 1 aromatic heterocycles. The molecule has 1 amide bonds. The second-order valence-electron chi connectivity index (χ2n) is 7.86. The molecule has 146 valence electrons. The van der Waals surface area contributed by atoms with Crippen molar-refractivity contribution < 1.29 is 14.3 Å². The molecule has 7 heteroatoms. The van der Waals surface area contributed by atoms with E-state index in [-0.39, 0.29) is 17.6 Å². The number of rotatable bonds is 6. The van der Waals surface area contributed by atoms with Crippen molar-refractivity contribution in [3.05, 3.63) is 41.7 Å². The Morgan fingerprint density at radius 3 is 2.74 bits per heavy atom. The van der Waals surface area contributed by atoms with E-state index >= 15 is 0 Å². The highest BCUT2D eigenvalue weighted by atomic mass is 16.7. The Labute approximate surface area is 160 Å². The van der Waals surface area contributed by atoms with Crippen molar-refractivity contribution >= 4 is 5.91 Å². The summed E-state index contributed by atoms with van der Waals surface area (Å²) in [6.07, 6.45) is 4.90. The number of ether oxygens (including phenoxy) is 2. The first-order valence-electron chi connectivity index (χ1n) is 9.44. The number of amides is 1. The van der Waals surface area contributed by atoms with Gasteiger partial charge in [0.15, 0.2) is 6.29 Å². The predicted molar refractivity (Wildman–Crippen MR) is 101 cm³/mol. The lowest BCUT2D eigenvalue weighted by molar-refractivity contribution is -0.169. The molecule has 1 aromatic carbocycles. The van der Waals surface area contributed by atoms with Gasteiger partial charge in [-0.15, -0.1) is 5.10 Å². The summed E-state index contributed by atoms with van der Waals surface area (Å²) in [5.41, 5.74) is 2.33. The smallest absolute Gasteiger partial charge is 0.225 e. The Bertz CT molecular complexity index is 743. The number of nitrogens with one attached hydrogen (secondary N) is 1. The van der Waals surface area contributed by atoms with Gasteiger partial charge in [0.25, 0.3) is 0 Å². The van der Waals surface area contributed by atoms with Crippen molar-refractivity contribution in [3.63, 3.8) is 0 Å². The molecule has 1 aliphatic rings. The second kappa shape index (κ2) is 8.63. The maximum atomic E-state index is 12.0. The molecule has 0 aliphatic carbocycles. The molecule has 0 saturated carbocycles. The molecule has 27 heavy (non-hydrogen) atoms. The van der Waals surface area contributed by atoms with Crippen molar-refractivity contribution in [2.75, 3.05) is 6.61 Å². The molecular weight excluding hydrogens is 344 g/mol. The van der Waals surface area contributed by atoms with E-state index < -0.39 is 0 Å². The van der Waals surface area contributed by atoms with E-state index in [0.29, 0.717) is 13.2 Å². The van der Waals surface area contributed by atoms with Gasteiger partial charge in [0, 0.05) is 18.6 Å². The Hall–Kier alpha value is -2.25. The van der Waals surface area contributed by atoms with E-state index in [2.05, 4.69) is 15.6 Å². The predicted octanol–water partition coefficient (Wildman–Crippen LogP) is 2.97. The summed E-state index contributed by atoms with van der Waals surface area (Å²) in [5.74, 6) is 0.0365. The van der Waals surface area contributed by atoms with E-state index in [4.69, 9.17) is 9.47 Å². The molecule has 1 N–H and O–H groups in total. The zero-order valence-corrected chi connectivity index (χ0v) is 16.3. The van der Waals surface area contributed by atoms with Gasteiger partial charge in [-0.2, -0.15) is 0 Å². The summed E-state index contributed by atoms with van der Waals surface area (Å²) >= 11 is 0. The minimum absolute atomic E-state index is 0.0365. The van der Waals surface area contributed by atoms with E-state index in [9.17, 15) is 4.79 Å². The molecule has 3 rings (SSSR count). The van der Waals surface area contributed by atoms with Crippen LogP contribution in [0.15, 0.2) is 30.5 Å². The van der Waals surface area contributed by atoms with Crippen LogP contribution in [-0.4, -0.2) is 33.8 Å². The highest BCUT2D eigenvalue weighted by Gasteiger charge is 2.20. The summed E-state index contributed by atoms with van der Waals surface area (Å²) in [5, 5.41) is 11.3. The first-order chi connectivity index (χ1) is 12.9. The van der Waals surface area contributed by atoms with Crippen LogP contribution in [0.5, 0.6) is 0 Å². The van der Waals surface area contributed by atoms with Gasteiger partial charge in [0.1, 0.15) is 5.69 Å². The molecule has 2 heterocycles. The molecule has 1 fully saturated rings. The molecule has 0 bridgehead atoms. The third-order valence-corrected chi connectivity index (χ3v) is 4.43. The van der Waals surface area contributed by atoms with Gasteiger partial charge in [-0.05, 0) is 37.0 Å². The topological polar surface area (TPSA) is 78.3 Å². The van der Waals surface area contributed by atoms with Crippen molar-refractivity contribution in [1.29, 1.82) is 0 Å². The van der Waals surface area contributed by atoms with Crippen LogP contribution < -0.4 is 5.32 Å². The van der Waals surface area contributed by atoms with Gasteiger partial charge in [-0.1, -0.05) is 38.1 Å². The Balaban J connectivity index is 1.52. The Morgan fingerprint density at radius 1 is 1.30 bits per heavy atom. The number of benzene rings is 1. The number of nitrogens with zero attached hydrogens (tertiary/aromatic N) is 3. The molecule has 0 radical (unpaired) electrons. The second-order valence-corrected chi connectivity index (χ2v) is 7.86. The minimum atomic E-state index is -0.387. The van der Waals surface area contributed by atoms with Gasteiger partial charge >= 0.3 is 0 Å². The lowest BCUT2D eigenvalue weighted by Crippen LogP contribution is -2.34. The van der Waals surface area contributed by atoms with Crippen LogP contribution in [-0.2, 0) is 27.4 Å². The quantitative estimate of drug-likeness (QED) is 0.843. The zero-order valence-electron chi connectivity index (χ0n) is 16.3. The van der Waals surface area contributed by atoms with Gasteiger partial charge < -0.3 is 14.8 Å². The fourth-order valence-corrected chi connectivity index (χ4v) is 2.73. The zero-order chi connectivity index (χ0) is 19.3. The van der Waals surface area contributed by atoms with Gasteiger partial charge in [0.2, 0.25) is 5.91 Å². The molecular formula is C20H28N4O3. The van der Waals surface area contributed by atoms with E-state index in [1.165, 1.54) is 0 Å². The van der Waals surface area contributed by atoms with Crippen molar-refractivity contribution in [2.24, 2.45) is 5.41 Å². The average molecular weight is 372 g/mol. The molecule has 2 aromatic rings. The van der Waals surface area contributed by atoms with Crippen LogP contribution in [0, 0.1) is 5.41 Å². The van der Waals surface area contributed by atoms with Crippen molar-refractivity contribution in [2.45, 2.75) is 59.5 Å². The first kappa shape index (κ1) is 19.5. The Morgan fingerprint density at radius 2 is 2.07 bits per heavy atom. The van der Waals surface area contributed by atoms with Crippen LogP contribution >= 0.6 is 0 Å². The number of hydrogen-bond acceptors (Lipinski definition) is 5. The highest BCUT2D eigenvalue weighted by molar-refractivity contribution is 5.81. The van der Waals surface area contributed by atoms with Crippen LogP contribution in [0.3, 0.4) is 0 Å². The summed E-state index contributed by atoms with van der Waals surface area (Å²) in [6.45, 7) is 7.36. The molecule has 1 saturated heterocycles. The third-order valence-electron chi connectivity index (χ3n) is 4.43. The van der Waals surface area contributed by atoms with Crippen LogP contribution in [0.25, 0.3) is 5.69 Å². The fourth-order valence-electron chi connectivity index (χ4n) is 2.73. The van der Waals surface area contributed by atoms with Gasteiger partial charge in [-0.25, -0.2) is 4.68 Å². The first-order valence-corrected chi connectivity index (χ1v) is 9.44. The van der Waals surface area contributed by atoms with Crippen molar-refractivity contribution in [3.8, 4) is 5.69 Å². The van der Waals surface area contributed by atoms with Gasteiger partial charge in [-0.3, -0.25) is 4.79 Å². The lowest BCUT2D eigenvalue weighted by atomic mass is 9.95. The molecule has 1 atom stereocenters. The number of carbonyl (C=O) groups excluding carboxylic acids is 1. The third kappa shape index (κ3) is 5.61. The summed E-state index contributed by atoms with van der Waals surface area (Å²) in [4.78, 5) is 12.0. The lowest BCUT2D eigenvalue weighted by Gasteiger charge is -2.22. The van der Waals surface area contributed by atoms with E-state index in [1.807, 2.05) is 51.2 Å². The molecule has 1 aliphatic heterocycles. The Kier molecular flexibility index (Phi) is 6.23. The van der Waals surface area contributed by atoms with Crippen LogP contribution in [0.4, 0.5) is 0 Å². The number of aromatic nitrogens is 3. The SMILES string of the molecule is CC(C)(C)C(=O)NCc1ccc(-n2cc(COC3CCCCO3)nn2)cc1. The standard InChI is InChI=1S/C20H28N4O3/c1-20(2,3)19(25)21-12-15-7-9-17(10-8-15)24-13-16(22-23-24)14-27-18-6-4-5-11-26-18/h7-10,13,18H,4-6,11-12,14H2,1-3H3,(H,21,25). The molecule has 1 unspecified atom stereocenters. The van der Waals surface area contributed by atoms with Crippen LogP contribution in [0.1, 0.15) is 51.3 Å². The fraction of sp³-hybridized carbons (Fsp3) is 0.550. The maximum absolute atomic E-state index is 12.0. The van der Waals surface area contributed by atoms with Crippen molar-refractivity contribution in [1.82, 2.24) is 20.3 Å². The highest BCUT2D eigenvalue weighted by Crippen LogP contribution is 2.16. The van der Waals surface area contributed by atoms with E-state index in [1.54, 1.807) is 4.68 Å². The molecule has 7 nitrogen and oxygen atoms in total. The largest absolute Gasteiger partial charge is 0.353 e. The number of hydrogen-bond donors (Lipinski definition) is 1. The average Bonchev–Trinajstić information content (AvgIpc) is 3.14.